The van der Waals surface area contributed by atoms with E-state index in [1.54, 1.807) is 0 Å². The average molecular weight is 403 g/mol. The van der Waals surface area contributed by atoms with Crippen molar-refractivity contribution in [2.24, 2.45) is 0 Å². The third-order valence-corrected chi connectivity index (χ3v) is 6.75. The molecule has 5 rings (SSSR count). The molecule has 154 valence electrons. The molecule has 0 unspecified atom stereocenters. The van der Waals surface area contributed by atoms with Crippen molar-refractivity contribution < 1.29 is 14.1 Å². The second-order valence-electron chi connectivity index (χ2n) is 9.23. The van der Waals surface area contributed by atoms with Crippen molar-refractivity contribution in [3.63, 3.8) is 0 Å². The van der Waals surface area contributed by atoms with Crippen LogP contribution in [0.3, 0.4) is 0 Å². The molecule has 6 nitrogen and oxygen atoms in total. The highest BCUT2D eigenvalue weighted by atomic mass is 16.7. The van der Waals surface area contributed by atoms with E-state index < -0.39 is 7.12 Å². The number of nitrogens with one attached hydrogen (secondary N) is 1. The van der Waals surface area contributed by atoms with Crippen LogP contribution in [0.15, 0.2) is 36.4 Å². The summed E-state index contributed by atoms with van der Waals surface area (Å²) in [6, 6.07) is 12.0. The van der Waals surface area contributed by atoms with Gasteiger partial charge in [0.05, 0.1) is 35.3 Å². The molecule has 7 heteroatoms. The summed E-state index contributed by atoms with van der Waals surface area (Å²) in [5, 5.41) is 3.00. The van der Waals surface area contributed by atoms with E-state index in [1.165, 1.54) is 0 Å². The lowest BCUT2D eigenvalue weighted by atomic mass is 9.79. The van der Waals surface area contributed by atoms with Gasteiger partial charge in [-0.1, -0.05) is 18.2 Å². The van der Waals surface area contributed by atoms with E-state index in [2.05, 4.69) is 43.6 Å². The van der Waals surface area contributed by atoms with E-state index in [1.807, 2.05) is 37.3 Å². The van der Waals surface area contributed by atoms with Crippen LogP contribution in [-0.2, 0) is 22.4 Å². The van der Waals surface area contributed by atoms with Gasteiger partial charge in [-0.25, -0.2) is 4.98 Å². The van der Waals surface area contributed by atoms with Crippen LogP contribution in [0.4, 0.5) is 0 Å². The van der Waals surface area contributed by atoms with E-state index in [-0.39, 0.29) is 17.1 Å². The summed E-state index contributed by atoms with van der Waals surface area (Å²) in [6.45, 7) is 11.3. The summed E-state index contributed by atoms with van der Waals surface area (Å²) in [5.41, 5.74) is 4.96. The van der Waals surface area contributed by atoms with Crippen LogP contribution in [0.2, 0.25) is 0 Å². The third-order valence-electron chi connectivity index (χ3n) is 6.75. The summed E-state index contributed by atoms with van der Waals surface area (Å²) in [7, 11) is -0.423. The Morgan fingerprint density at radius 1 is 1.10 bits per heavy atom. The SMILES string of the molecule is Cc1cccc2c1Cn1c(nc3ccc(B4OC(C)(C)C(C)(C)O4)cc31)CNC2=O. The highest BCUT2D eigenvalue weighted by molar-refractivity contribution is 6.62. The molecular weight excluding hydrogens is 377 g/mol. The molecule has 2 aliphatic heterocycles. The van der Waals surface area contributed by atoms with Crippen LogP contribution in [0.25, 0.3) is 11.0 Å². The molecule has 1 N–H and O–H groups in total. The van der Waals surface area contributed by atoms with Gasteiger partial charge in [-0.3, -0.25) is 4.79 Å². The largest absolute Gasteiger partial charge is 0.494 e. The quantitative estimate of drug-likeness (QED) is 0.635. The number of carbonyl (C=O) groups is 1. The number of amides is 1. The maximum atomic E-state index is 12.6. The Morgan fingerprint density at radius 3 is 2.57 bits per heavy atom. The minimum Gasteiger partial charge on any atom is -0.399 e. The summed E-state index contributed by atoms with van der Waals surface area (Å²) < 4.78 is 14.7. The van der Waals surface area contributed by atoms with Crippen LogP contribution in [0.5, 0.6) is 0 Å². The van der Waals surface area contributed by atoms with E-state index in [9.17, 15) is 4.79 Å². The highest BCUT2D eigenvalue weighted by Gasteiger charge is 2.51. The second-order valence-corrected chi connectivity index (χ2v) is 9.23. The molecule has 3 heterocycles. The summed E-state index contributed by atoms with van der Waals surface area (Å²) >= 11 is 0. The Hall–Kier alpha value is -2.64. The first-order chi connectivity index (χ1) is 14.2. The number of benzene rings is 2. The fourth-order valence-corrected chi connectivity index (χ4v) is 4.16. The van der Waals surface area contributed by atoms with Gasteiger partial charge >= 0.3 is 7.12 Å². The predicted molar refractivity (Wildman–Crippen MR) is 117 cm³/mol. The summed E-state index contributed by atoms with van der Waals surface area (Å²) in [4.78, 5) is 17.4. The number of hydrogen-bond acceptors (Lipinski definition) is 4. The Kier molecular flexibility index (Phi) is 4.14. The molecule has 0 atom stereocenters. The second kappa shape index (κ2) is 6.43. The molecule has 1 saturated heterocycles. The van der Waals surface area contributed by atoms with E-state index in [0.717, 1.165) is 39.0 Å². The molecule has 2 aliphatic rings. The normalized spacial score (nSPS) is 19.8. The molecule has 0 aliphatic carbocycles. The molecule has 2 aromatic carbocycles. The molecule has 0 bridgehead atoms. The summed E-state index contributed by atoms with van der Waals surface area (Å²) in [5.74, 6) is 0.795. The van der Waals surface area contributed by atoms with Gasteiger partial charge in [0, 0.05) is 5.56 Å². The standard InChI is InChI=1S/C23H26BN3O3/c1-14-7-6-8-16-17(14)13-27-19-11-15(24-29-22(2,3)23(4,5)30-24)9-10-18(19)26-20(27)12-25-21(16)28/h6-11H,12-13H2,1-5H3,(H,25,28). The van der Waals surface area contributed by atoms with Gasteiger partial charge < -0.3 is 19.2 Å². The number of imidazole rings is 1. The number of nitrogens with zero attached hydrogens (tertiary/aromatic N) is 2. The fraction of sp³-hybridized carbons (Fsp3) is 0.391. The fourth-order valence-electron chi connectivity index (χ4n) is 4.16. The average Bonchev–Trinajstić information content (AvgIpc) is 3.12. The van der Waals surface area contributed by atoms with Gasteiger partial charge in [-0.15, -0.1) is 0 Å². The number of rotatable bonds is 1. The molecule has 0 spiro atoms. The Morgan fingerprint density at radius 2 is 1.83 bits per heavy atom. The van der Waals surface area contributed by atoms with Gasteiger partial charge in [0.2, 0.25) is 0 Å². The Balaban J connectivity index is 1.61. The van der Waals surface area contributed by atoms with Gasteiger partial charge in [-0.2, -0.15) is 0 Å². The molecule has 1 aromatic heterocycles. The number of carbonyl (C=O) groups excluding carboxylic acids is 1. The van der Waals surface area contributed by atoms with Gasteiger partial charge in [-0.05, 0) is 69.4 Å². The van der Waals surface area contributed by atoms with Crippen LogP contribution in [0, 0.1) is 6.92 Å². The molecule has 1 amide bonds. The van der Waals surface area contributed by atoms with Crippen LogP contribution in [-0.4, -0.2) is 33.8 Å². The Bertz CT molecular complexity index is 1170. The zero-order chi connectivity index (χ0) is 21.3. The smallest absolute Gasteiger partial charge is 0.399 e. The number of aromatic nitrogens is 2. The first-order valence-electron chi connectivity index (χ1n) is 10.4. The first-order valence-corrected chi connectivity index (χ1v) is 10.4. The van der Waals surface area contributed by atoms with Crippen molar-refractivity contribution in [3.05, 3.63) is 58.9 Å². The molecule has 0 saturated carbocycles. The monoisotopic (exact) mass is 403 g/mol. The molecule has 30 heavy (non-hydrogen) atoms. The highest BCUT2D eigenvalue weighted by Crippen LogP contribution is 2.36. The van der Waals surface area contributed by atoms with Gasteiger partial charge in [0.1, 0.15) is 5.82 Å². The summed E-state index contributed by atoms with van der Waals surface area (Å²) in [6.07, 6.45) is 0. The van der Waals surface area contributed by atoms with Crippen molar-refractivity contribution in [2.75, 3.05) is 0 Å². The molecular formula is C23H26BN3O3. The van der Waals surface area contributed by atoms with Crippen molar-refractivity contribution in [3.8, 4) is 0 Å². The maximum absolute atomic E-state index is 12.6. The van der Waals surface area contributed by atoms with Crippen molar-refractivity contribution in [2.45, 2.75) is 58.9 Å². The topological polar surface area (TPSA) is 65.4 Å². The van der Waals surface area contributed by atoms with Gasteiger partial charge in [0.25, 0.3) is 5.91 Å². The lowest BCUT2D eigenvalue weighted by molar-refractivity contribution is 0.00578. The minimum absolute atomic E-state index is 0.0510. The zero-order valence-corrected chi connectivity index (χ0v) is 18.1. The maximum Gasteiger partial charge on any atom is 0.494 e. The number of fused-ring (bicyclic) bond motifs is 4. The van der Waals surface area contributed by atoms with Crippen LogP contribution in [0.1, 0.15) is 55.0 Å². The van der Waals surface area contributed by atoms with Crippen LogP contribution < -0.4 is 10.8 Å². The van der Waals surface area contributed by atoms with Gasteiger partial charge in [0.15, 0.2) is 0 Å². The van der Waals surface area contributed by atoms with E-state index in [4.69, 9.17) is 14.3 Å². The predicted octanol–water partition coefficient (Wildman–Crippen LogP) is 2.94. The minimum atomic E-state index is -0.423. The zero-order valence-electron chi connectivity index (χ0n) is 18.1. The first kappa shape index (κ1) is 19.3. The van der Waals surface area contributed by atoms with Crippen molar-refractivity contribution in [1.29, 1.82) is 0 Å². The Labute approximate surface area is 176 Å². The van der Waals surface area contributed by atoms with Crippen molar-refractivity contribution >= 4 is 29.5 Å². The van der Waals surface area contributed by atoms with E-state index in [0.29, 0.717) is 13.1 Å². The van der Waals surface area contributed by atoms with Crippen LogP contribution >= 0.6 is 0 Å². The van der Waals surface area contributed by atoms with E-state index >= 15 is 0 Å². The third kappa shape index (κ3) is 2.88. The van der Waals surface area contributed by atoms with Crippen molar-refractivity contribution in [1.82, 2.24) is 14.9 Å². The number of aryl methyl sites for hydroxylation is 1. The lowest BCUT2D eigenvalue weighted by Gasteiger charge is -2.32. The molecule has 0 radical (unpaired) electrons. The lowest BCUT2D eigenvalue weighted by Crippen LogP contribution is -2.41. The molecule has 1 fully saturated rings. The number of hydrogen-bond donors (Lipinski definition) is 1. The molecule has 3 aromatic rings.